The van der Waals surface area contributed by atoms with Crippen molar-refractivity contribution in [2.45, 2.75) is 52.4 Å². The van der Waals surface area contributed by atoms with Crippen molar-refractivity contribution in [1.29, 1.82) is 0 Å². The number of Topliss-reactive ketones (excluding diaryl/α,β-unsaturated/α-hetero) is 2. The highest BCUT2D eigenvalue weighted by Crippen LogP contribution is 2.11. The van der Waals surface area contributed by atoms with Gasteiger partial charge in [0.15, 0.2) is 5.78 Å². The molecule has 0 aliphatic heterocycles. The lowest BCUT2D eigenvalue weighted by Crippen LogP contribution is -2.07. The standard InChI is InChI=1S/C17H24O2/c1-14(2)9-5-3-8-12-16(18)13-17(19)15-10-6-4-7-11-15/h4,6-7,10-11,14H,3,5,8-9,12-13H2,1-2H3. The van der Waals surface area contributed by atoms with E-state index >= 15 is 0 Å². The zero-order chi connectivity index (χ0) is 14.1. The first-order chi connectivity index (χ1) is 9.09. The summed E-state index contributed by atoms with van der Waals surface area (Å²) in [6, 6.07) is 9.04. The molecule has 104 valence electrons. The number of hydrogen-bond acceptors (Lipinski definition) is 2. The maximum atomic E-state index is 11.8. The lowest BCUT2D eigenvalue weighted by atomic mass is 10.0. The van der Waals surface area contributed by atoms with E-state index in [1.54, 1.807) is 12.1 Å². The number of ketones is 2. The fraction of sp³-hybridized carbons (Fsp3) is 0.529. The predicted octanol–water partition coefficient (Wildman–Crippen LogP) is 4.44. The molecular formula is C17H24O2. The van der Waals surface area contributed by atoms with E-state index in [2.05, 4.69) is 13.8 Å². The molecule has 1 rings (SSSR count). The summed E-state index contributed by atoms with van der Waals surface area (Å²) < 4.78 is 0. The van der Waals surface area contributed by atoms with Crippen LogP contribution in [0.15, 0.2) is 30.3 Å². The lowest BCUT2D eigenvalue weighted by Gasteiger charge is -2.04. The van der Waals surface area contributed by atoms with E-state index in [-0.39, 0.29) is 18.0 Å². The highest BCUT2D eigenvalue weighted by molar-refractivity contribution is 6.07. The normalized spacial score (nSPS) is 10.7. The largest absolute Gasteiger partial charge is 0.299 e. The van der Waals surface area contributed by atoms with Crippen LogP contribution in [0.1, 0.15) is 62.7 Å². The van der Waals surface area contributed by atoms with E-state index in [0.29, 0.717) is 12.0 Å². The summed E-state index contributed by atoms with van der Waals surface area (Å²) in [4.78, 5) is 23.5. The van der Waals surface area contributed by atoms with E-state index in [1.165, 1.54) is 12.8 Å². The van der Waals surface area contributed by atoms with Crippen LogP contribution in [0.3, 0.4) is 0 Å². The molecule has 2 heteroatoms. The minimum atomic E-state index is -0.0622. The molecule has 0 spiro atoms. The van der Waals surface area contributed by atoms with Crippen LogP contribution in [0.4, 0.5) is 0 Å². The van der Waals surface area contributed by atoms with Crippen molar-refractivity contribution >= 4 is 11.6 Å². The highest BCUT2D eigenvalue weighted by atomic mass is 16.1. The SMILES string of the molecule is CC(C)CCCCCC(=O)CC(=O)c1ccccc1. The number of hydrogen-bond donors (Lipinski definition) is 0. The number of rotatable bonds is 9. The predicted molar refractivity (Wildman–Crippen MR) is 78.3 cm³/mol. The molecule has 0 aromatic heterocycles. The fourth-order valence-corrected chi connectivity index (χ4v) is 2.05. The molecular weight excluding hydrogens is 236 g/mol. The molecule has 1 aromatic carbocycles. The molecule has 0 unspecified atom stereocenters. The first-order valence-corrected chi connectivity index (χ1v) is 7.19. The number of benzene rings is 1. The Kier molecular flexibility index (Phi) is 7.09. The molecule has 0 amide bonds. The summed E-state index contributed by atoms with van der Waals surface area (Å²) in [5.74, 6) is 0.738. The average Bonchev–Trinajstić information content (AvgIpc) is 2.39. The van der Waals surface area contributed by atoms with Gasteiger partial charge in [-0.15, -0.1) is 0 Å². The van der Waals surface area contributed by atoms with Crippen molar-refractivity contribution in [2.24, 2.45) is 5.92 Å². The van der Waals surface area contributed by atoms with Gasteiger partial charge >= 0.3 is 0 Å². The van der Waals surface area contributed by atoms with Gasteiger partial charge in [0.1, 0.15) is 5.78 Å². The topological polar surface area (TPSA) is 34.1 Å². The Bertz CT molecular complexity index is 393. The van der Waals surface area contributed by atoms with Crippen molar-refractivity contribution in [1.82, 2.24) is 0 Å². The van der Waals surface area contributed by atoms with Crippen LogP contribution in [0.25, 0.3) is 0 Å². The average molecular weight is 260 g/mol. The van der Waals surface area contributed by atoms with Crippen molar-refractivity contribution < 1.29 is 9.59 Å². The zero-order valence-corrected chi connectivity index (χ0v) is 12.0. The summed E-state index contributed by atoms with van der Waals surface area (Å²) in [6.45, 7) is 4.42. The van der Waals surface area contributed by atoms with Gasteiger partial charge in [0, 0.05) is 12.0 Å². The molecule has 0 saturated carbocycles. The van der Waals surface area contributed by atoms with Gasteiger partial charge in [-0.1, -0.05) is 63.4 Å². The summed E-state index contributed by atoms with van der Waals surface area (Å²) >= 11 is 0. The van der Waals surface area contributed by atoms with Gasteiger partial charge < -0.3 is 0 Å². The maximum absolute atomic E-state index is 11.8. The molecule has 0 heterocycles. The van der Waals surface area contributed by atoms with Crippen molar-refractivity contribution in [3.05, 3.63) is 35.9 Å². The van der Waals surface area contributed by atoms with Crippen LogP contribution in [0.2, 0.25) is 0 Å². The molecule has 2 nitrogen and oxygen atoms in total. The monoisotopic (exact) mass is 260 g/mol. The van der Waals surface area contributed by atoms with E-state index in [9.17, 15) is 9.59 Å². The number of carbonyl (C=O) groups excluding carboxylic acids is 2. The Hall–Kier alpha value is -1.44. The molecule has 0 radical (unpaired) electrons. The van der Waals surface area contributed by atoms with E-state index in [0.717, 1.165) is 18.8 Å². The molecule has 19 heavy (non-hydrogen) atoms. The second-order valence-electron chi connectivity index (χ2n) is 5.50. The van der Waals surface area contributed by atoms with Crippen molar-refractivity contribution in [2.75, 3.05) is 0 Å². The zero-order valence-electron chi connectivity index (χ0n) is 12.0. The van der Waals surface area contributed by atoms with Crippen molar-refractivity contribution in [3.8, 4) is 0 Å². The molecule has 0 aliphatic rings. The maximum Gasteiger partial charge on any atom is 0.170 e. The summed E-state index contributed by atoms with van der Waals surface area (Å²) in [7, 11) is 0. The van der Waals surface area contributed by atoms with Gasteiger partial charge in [-0.2, -0.15) is 0 Å². The molecule has 1 aromatic rings. The Labute approximate surface area is 116 Å². The van der Waals surface area contributed by atoms with E-state index in [4.69, 9.17) is 0 Å². The number of carbonyl (C=O) groups is 2. The molecule has 0 saturated heterocycles. The van der Waals surface area contributed by atoms with Gasteiger partial charge in [0.25, 0.3) is 0 Å². The van der Waals surface area contributed by atoms with Crippen LogP contribution in [0.5, 0.6) is 0 Å². The number of unbranched alkanes of at least 4 members (excludes halogenated alkanes) is 2. The quantitative estimate of drug-likeness (QED) is 0.374. The third-order valence-corrected chi connectivity index (χ3v) is 3.19. The van der Waals surface area contributed by atoms with Crippen LogP contribution >= 0.6 is 0 Å². The lowest BCUT2D eigenvalue weighted by molar-refractivity contribution is -0.118. The minimum Gasteiger partial charge on any atom is -0.299 e. The van der Waals surface area contributed by atoms with E-state index < -0.39 is 0 Å². The minimum absolute atomic E-state index is 0.0498. The Morgan fingerprint density at radius 2 is 1.68 bits per heavy atom. The fourth-order valence-electron chi connectivity index (χ4n) is 2.05. The third-order valence-electron chi connectivity index (χ3n) is 3.19. The second-order valence-corrected chi connectivity index (χ2v) is 5.50. The highest BCUT2D eigenvalue weighted by Gasteiger charge is 2.10. The van der Waals surface area contributed by atoms with Gasteiger partial charge in [-0.05, 0) is 12.3 Å². The van der Waals surface area contributed by atoms with Crippen LogP contribution in [-0.2, 0) is 4.79 Å². The summed E-state index contributed by atoms with van der Waals surface area (Å²) in [6.07, 6.45) is 4.98. The molecule has 0 N–H and O–H groups in total. The van der Waals surface area contributed by atoms with Gasteiger partial charge in [0.2, 0.25) is 0 Å². The third kappa shape index (κ3) is 6.90. The molecule has 0 bridgehead atoms. The second kappa shape index (κ2) is 8.63. The Morgan fingerprint density at radius 3 is 2.32 bits per heavy atom. The smallest absolute Gasteiger partial charge is 0.170 e. The van der Waals surface area contributed by atoms with Gasteiger partial charge in [-0.25, -0.2) is 0 Å². The Balaban J connectivity index is 2.19. The van der Waals surface area contributed by atoms with Crippen molar-refractivity contribution in [3.63, 3.8) is 0 Å². The molecule has 0 fully saturated rings. The first kappa shape index (κ1) is 15.6. The van der Waals surface area contributed by atoms with Crippen LogP contribution < -0.4 is 0 Å². The van der Waals surface area contributed by atoms with Crippen LogP contribution in [0, 0.1) is 5.92 Å². The van der Waals surface area contributed by atoms with E-state index in [1.807, 2.05) is 18.2 Å². The van der Waals surface area contributed by atoms with Gasteiger partial charge in [-0.3, -0.25) is 9.59 Å². The summed E-state index contributed by atoms with van der Waals surface area (Å²) in [5, 5.41) is 0. The van der Waals surface area contributed by atoms with Crippen LogP contribution in [-0.4, -0.2) is 11.6 Å². The first-order valence-electron chi connectivity index (χ1n) is 7.19. The molecule has 0 atom stereocenters. The summed E-state index contributed by atoms with van der Waals surface area (Å²) in [5.41, 5.74) is 0.635. The van der Waals surface area contributed by atoms with Gasteiger partial charge in [0.05, 0.1) is 6.42 Å². The molecule has 0 aliphatic carbocycles. The Morgan fingerprint density at radius 1 is 1.00 bits per heavy atom.